The van der Waals surface area contributed by atoms with Crippen molar-refractivity contribution in [3.05, 3.63) is 72.1 Å². The van der Waals surface area contributed by atoms with Gasteiger partial charge in [0, 0.05) is 16.9 Å². The van der Waals surface area contributed by atoms with E-state index in [1.54, 1.807) is 48.1 Å². The molecule has 0 unspecified atom stereocenters. The lowest BCUT2D eigenvalue weighted by atomic mass is 10.1. The van der Waals surface area contributed by atoms with E-state index in [4.69, 9.17) is 23.7 Å². The molecule has 3 aromatic carbocycles. The lowest BCUT2D eigenvalue weighted by molar-refractivity contribution is -0.113. The minimum absolute atomic E-state index is 0.0499. The van der Waals surface area contributed by atoms with Crippen LogP contribution < -0.4 is 34.3 Å². The Kier molecular flexibility index (Phi) is 10.7. The van der Waals surface area contributed by atoms with Gasteiger partial charge in [-0.05, 0) is 67.6 Å². The number of hydrogen-bond acceptors (Lipinski definition) is 10. The molecule has 4 rings (SSSR count). The predicted octanol–water partition coefficient (Wildman–Crippen LogP) is 4.36. The Morgan fingerprint density at radius 1 is 0.837 bits per heavy atom. The van der Waals surface area contributed by atoms with Crippen LogP contribution in [0.3, 0.4) is 0 Å². The number of anilines is 1. The van der Waals surface area contributed by atoms with Gasteiger partial charge < -0.3 is 34.3 Å². The van der Waals surface area contributed by atoms with Gasteiger partial charge in [-0.1, -0.05) is 11.8 Å². The number of nitrogens with one attached hydrogen (secondary N) is 2. The van der Waals surface area contributed by atoms with E-state index in [0.29, 0.717) is 57.6 Å². The molecule has 0 bridgehead atoms. The maximum atomic E-state index is 13.2. The van der Waals surface area contributed by atoms with Crippen LogP contribution in [0.4, 0.5) is 5.69 Å². The highest BCUT2D eigenvalue weighted by Crippen LogP contribution is 2.38. The second kappa shape index (κ2) is 14.8. The highest BCUT2D eigenvalue weighted by Gasteiger charge is 2.20. The first-order valence-electron chi connectivity index (χ1n) is 13.2. The number of nitrogens with zero attached hydrogens (tertiary/aromatic N) is 3. The van der Waals surface area contributed by atoms with Crippen molar-refractivity contribution in [1.29, 1.82) is 0 Å². The number of amides is 2. The maximum Gasteiger partial charge on any atom is 0.251 e. The van der Waals surface area contributed by atoms with Crippen molar-refractivity contribution in [2.75, 3.05) is 46.1 Å². The largest absolute Gasteiger partial charge is 0.497 e. The number of methoxy groups -OCH3 is 4. The molecule has 1 aromatic heterocycles. The molecular weight excluding hydrogens is 574 g/mol. The minimum Gasteiger partial charge on any atom is -0.497 e. The molecule has 2 amide bonds. The average Bonchev–Trinajstić information content (AvgIpc) is 3.45. The van der Waals surface area contributed by atoms with E-state index in [0.717, 1.165) is 5.69 Å². The first-order chi connectivity index (χ1) is 20.9. The van der Waals surface area contributed by atoms with Gasteiger partial charge in [-0.25, -0.2) is 0 Å². The lowest BCUT2D eigenvalue weighted by Crippen LogP contribution is -2.25. The second-order valence-corrected chi connectivity index (χ2v) is 9.77. The zero-order valence-corrected chi connectivity index (χ0v) is 25.3. The molecule has 0 aliphatic carbocycles. The predicted molar refractivity (Wildman–Crippen MR) is 162 cm³/mol. The second-order valence-electron chi connectivity index (χ2n) is 8.82. The van der Waals surface area contributed by atoms with Crippen molar-refractivity contribution in [3.8, 4) is 34.4 Å². The van der Waals surface area contributed by atoms with Gasteiger partial charge in [-0.2, -0.15) is 0 Å². The fourth-order valence-electron chi connectivity index (χ4n) is 4.10. The smallest absolute Gasteiger partial charge is 0.251 e. The number of ether oxygens (including phenoxy) is 5. The van der Waals surface area contributed by atoms with E-state index in [1.165, 1.54) is 33.1 Å². The Hall–Kier alpha value is -4.91. The number of carbonyl (C=O) groups is 2. The molecule has 0 aliphatic rings. The van der Waals surface area contributed by atoms with Gasteiger partial charge in [0.1, 0.15) is 11.5 Å². The number of rotatable bonds is 14. The molecule has 0 saturated carbocycles. The van der Waals surface area contributed by atoms with Crippen LogP contribution >= 0.6 is 11.8 Å². The summed E-state index contributed by atoms with van der Waals surface area (Å²) in [4.78, 5) is 25.9. The van der Waals surface area contributed by atoms with E-state index in [-0.39, 0.29) is 24.1 Å². The van der Waals surface area contributed by atoms with Crippen LogP contribution in [-0.2, 0) is 11.3 Å². The van der Waals surface area contributed by atoms with Crippen LogP contribution in [0.2, 0.25) is 0 Å². The average molecular weight is 608 g/mol. The summed E-state index contributed by atoms with van der Waals surface area (Å²) in [7, 11) is 6.04. The summed E-state index contributed by atoms with van der Waals surface area (Å²) in [6, 6.07) is 17.6. The third-order valence-electron chi connectivity index (χ3n) is 6.15. The van der Waals surface area contributed by atoms with E-state index in [1.807, 2.05) is 31.2 Å². The zero-order chi connectivity index (χ0) is 30.8. The number of thioether (sulfide) groups is 1. The highest BCUT2D eigenvalue weighted by molar-refractivity contribution is 7.99. The molecule has 0 radical (unpaired) electrons. The monoisotopic (exact) mass is 607 g/mol. The minimum atomic E-state index is -0.381. The summed E-state index contributed by atoms with van der Waals surface area (Å²) in [6.07, 6.45) is 0. The number of benzene rings is 3. The topological polar surface area (TPSA) is 135 Å². The number of aromatic nitrogens is 3. The molecule has 0 atom stereocenters. The van der Waals surface area contributed by atoms with Crippen molar-refractivity contribution in [2.45, 2.75) is 18.6 Å². The molecule has 0 fully saturated rings. The summed E-state index contributed by atoms with van der Waals surface area (Å²) < 4.78 is 28.6. The summed E-state index contributed by atoms with van der Waals surface area (Å²) in [5.74, 6) is 2.45. The molecule has 12 nitrogen and oxygen atoms in total. The van der Waals surface area contributed by atoms with Crippen molar-refractivity contribution in [1.82, 2.24) is 20.1 Å². The lowest BCUT2D eigenvalue weighted by Gasteiger charge is -2.14. The van der Waals surface area contributed by atoms with Gasteiger partial charge in [-0.15, -0.1) is 10.2 Å². The van der Waals surface area contributed by atoms with Crippen molar-refractivity contribution < 1.29 is 33.3 Å². The van der Waals surface area contributed by atoms with Gasteiger partial charge in [-0.3, -0.25) is 14.2 Å². The summed E-state index contributed by atoms with van der Waals surface area (Å²) in [5.41, 5.74) is 1.70. The Morgan fingerprint density at radius 3 is 2.07 bits per heavy atom. The van der Waals surface area contributed by atoms with Crippen LogP contribution in [0.15, 0.2) is 65.8 Å². The fraction of sp³-hybridized carbons (Fsp3) is 0.267. The summed E-state index contributed by atoms with van der Waals surface area (Å²) >= 11 is 1.22. The molecule has 43 heavy (non-hydrogen) atoms. The zero-order valence-electron chi connectivity index (χ0n) is 24.5. The molecule has 0 aliphatic heterocycles. The van der Waals surface area contributed by atoms with Gasteiger partial charge in [0.2, 0.25) is 11.7 Å². The van der Waals surface area contributed by atoms with E-state index in [9.17, 15) is 9.59 Å². The summed E-state index contributed by atoms with van der Waals surface area (Å²) in [6.45, 7) is 2.50. The number of carbonyl (C=O) groups excluding carboxylic acids is 2. The first-order valence-corrected chi connectivity index (χ1v) is 14.2. The Labute approximate surface area is 253 Å². The Balaban J connectivity index is 1.53. The van der Waals surface area contributed by atoms with Crippen LogP contribution in [-0.4, -0.2) is 67.4 Å². The summed E-state index contributed by atoms with van der Waals surface area (Å²) in [5, 5.41) is 14.9. The molecule has 4 aromatic rings. The van der Waals surface area contributed by atoms with E-state index in [2.05, 4.69) is 20.8 Å². The molecule has 2 N–H and O–H groups in total. The van der Waals surface area contributed by atoms with Crippen LogP contribution in [0.5, 0.6) is 28.7 Å². The van der Waals surface area contributed by atoms with Crippen LogP contribution in [0.25, 0.3) is 5.69 Å². The normalized spacial score (nSPS) is 10.5. The third kappa shape index (κ3) is 7.68. The van der Waals surface area contributed by atoms with E-state index < -0.39 is 0 Å². The van der Waals surface area contributed by atoms with Gasteiger partial charge >= 0.3 is 0 Å². The standard InChI is InChI=1S/C30H33N5O7S/c1-6-42-23-13-9-21(10-14-23)35-26(17-31-29(37)19-15-24(39-3)28(41-5)25(16-19)40-4)33-34-30(35)43-18-27(36)32-20-7-11-22(38-2)12-8-20/h7-16H,6,17-18H2,1-5H3,(H,31,37)(H,32,36). The Morgan fingerprint density at radius 2 is 1.49 bits per heavy atom. The van der Waals surface area contributed by atoms with Gasteiger partial charge in [0.25, 0.3) is 5.91 Å². The molecule has 13 heteroatoms. The first kappa shape index (κ1) is 31.0. The SMILES string of the molecule is CCOc1ccc(-n2c(CNC(=O)c3cc(OC)c(OC)c(OC)c3)nnc2SCC(=O)Nc2ccc(OC)cc2)cc1. The molecule has 226 valence electrons. The van der Waals surface area contributed by atoms with Crippen molar-refractivity contribution in [3.63, 3.8) is 0 Å². The van der Waals surface area contributed by atoms with Crippen LogP contribution in [0.1, 0.15) is 23.1 Å². The quantitative estimate of drug-likeness (QED) is 0.199. The van der Waals surface area contributed by atoms with Crippen molar-refractivity contribution in [2.24, 2.45) is 0 Å². The van der Waals surface area contributed by atoms with E-state index >= 15 is 0 Å². The fourth-order valence-corrected chi connectivity index (χ4v) is 4.87. The maximum absolute atomic E-state index is 13.2. The van der Waals surface area contributed by atoms with Gasteiger partial charge in [0.15, 0.2) is 22.5 Å². The molecule has 0 spiro atoms. The third-order valence-corrected chi connectivity index (χ3v) is 7.08. The van der Waals surface area contributed by atoms with Crippen molar-refractivity contribution >= 4 is 29.3 Å². The Bertz CT molecular complexity index is 1520. The highest BCUT2D eigenvalue weighted by atomic mass is 32.2. The molecular formula is C30H33N5O7S. The van der Waals surface area contributed by atoms with Gasteiger partial charge in [0.05, 0.1) is 47.3 Å². The molecule has 0 saturated heterocycles. The molecule has 1 heterocycles. The van der Waals surface area contributed by atoms with Crippen LogP contribution in [0, 0.1) is 0 Å². The number of hydrogen-bond donors (Lipinski definition) is 2.